The van der Waals surface area contributed by atoms with Crippen molar-refractivity contribution in [2.75, 3.05) is 5.75 Å². The van der Waals surface area contributed by atoms with Gasteiger partial charge in [-0.05, 0) is 30.4 Å². The topological polar surface area (TPSA) is 47.8 Å². The van der Waals surface area contributed by atoms with Gasteiger partial charge >= 0.3 is 0 Å². The molecule has 0 spiro atoms. The Balaban J connectivity index is 1.65. The van der Waals surface area contributed by atoms with Crippen LogP contribution in [0.4, 0.5) is 0 Å². The van der Waals surface area contributed by atoms with E-state index in [9.17, 15) is 4.79 Å². The predicted molar refractivity (Wildman–Crippen MR) is 115 cm³/mol. The van der Waals surface area contributed by atoms with Gasteiger partial charge in [0, 0.05) is 18.5 Å². The average molecular weight is 394 g/mol. The minimum absolute atomic E-state index is 0.121. The minimum atomic E-state index is 0.121. The fourth-order valence-corrected chi connectivity index (χ4v) is 4.02. The average Bonchev–Trinajstić information content (AvgIpc) is 3.13. The summed E-state index contributed by atoms with van der Waals surface area (Å²) in [4.78, 5) is 12.6. The summed E-state index contributed by atoms with van der Waals surface area (Å²) in [5.41, 5.74) is 3.24. The Bertz CT molecular complexity index is 903. The van der Waals surface area contributed by atoms with Crippen molar-refractivity contribution in [3.05, 3.63) is 77.1 Å². The van der Waals surface area contributed by atoms with Crippen LogP contribution in [0.25, 0.3) is 0 Å². The zero-order chi connectivity index (χ0) is 19.9. The van der Waals surface area contributed by atoms with Crippen LogP contribution in [0.15, 0.2) is 59.8 Å². The monoisotopic (exact) mass is 393 g/mol. The number of carbonyl (C=O) groups is 1. The number of hydrogen-bond acceptors (Lipinski definition) is 4. The van der Waals surface area contributed by atoms with E-state index in [4.69, 9.17) is 0 Å². The smallest absolute Gasteiger partial charge is 0.191 e. The maximum absolute atomic E-state index is 12.6. The second-order valence-electron chi connectivity index (χ2n) is 6.95. The summed E-state index contributed by atoms with van der Waals surface area (Å²) in [6, 6.07) is 18.3. The molecule has 1 atom stereocenters. The van der Waals surface area contributed by atoms with E-state index in [-0.39, 0.29) is 5.78 Å². The van der Waals surface area contributed by atoms with Crippen LogP contribution >= 0.6 is 11.8 Å². The van der Waals surface area contributed by atoms with Crippen molar-refractivity contribution in [1.29, 1.82) is 0 Å². The van der Waals surface area contributed by atoms with Gasteiger partial charge in [0.05, 0.1) is 5.75 Å². The van der Waals surface area contributed by atoms with Crippen molar-refractivity contribution in [3.8, 4) is 0 Å². The van der Waals surface area contributed by atoms with Crippen LogP contribution in [-0.2, 0) is 13.0 Å². The van der Waals surface area contributed by atoms with Crippen LogP contribution in [0, 0.1) is 0 Å². The first-order valence-corrected chi connectivity index (χ1v) is 10.8. The maximum atomic E-state index is 12.6. The van der Waals surface area contributed by atoms with Crippen molar-refractivity contribution in [2.45, 2.75) is 51.2 Å². The number of benzene rings is 2. The molecular formula is C23H27N3OS. The molecule has 4 nitrogen and oxygen atoms in total. The van der Waals surface area contributed by atoms with Gasteiger partial charge in [-0.2, -0.15) is 0 Å². The normalized spacial score (nSPS) is 12.1. The summed E-state index contributed by atoms with van der Waals surface area (Å²) >= 11 is 1.46. The lowest BCUT2D eigenvalue weighted by Crippen LogP contribution is -2.07. The molecule has 3 rings (SSSR count). The van der Waals surface area contributed by atoms with Crippen LogP contribution in [0.5, 0.6) is 0 Å². The van der Waals surface area contributed by atoms with E-state index in [0.29, 0.717) is 11.7 Å². The molecule has 0 radical (unpaired) electrons. The number of carbonyl (C=O) groups excluding carboxylic acids is 1. The Kier molecular flexibility index (Phi) is 7.04. The molecule has 0 N–H and O–H groups in total. The highest BCUT2D eigenvalue weighted by Crippen LogP contribution is 2.22. The Morgan fingerprint density at radius 2 is 1.75 bits per heavy atom. The molecule has 0 aliphatic rings. The van der Waals surface area contributed by atoms with E-state index >= 15 is 0 Å². The lowest BCUT2D eigenvalue weighted by molar-refractivity contribution is 0.102. The highest BCUT2D eigenvalue weighted by atomic mass is 32.2. The largest absolute Gasteiger partial charge is 0.306 e. The molecule has 0 aliphatic heterocycles. The van der Waals surface area contributed by atoms with Gasteiger partial charge in [-0.15, -0.1) is 10.2 Å². The number of Topliss-reactive ketones (excluding diaryl/α,β-unsaturated/α-hetero) is 1. The van der Waals surface area contributed by atoms with Crippen molar-refractivity contribution in [3.63, 3.8) is 0 Å². The molecule has 1 heterocycles. The van der Waals surface area contributed by atoms with Crippen molar-refractivity contribution >= 4 is 17.5 Å². The van der Waals surface area contributed by atoms with Gasteiger partial charge in [-0.3, -0.25) is 4.79 Å². The summed E-state index contributed by atoms with van der Waals surface area (Å²) in [6.45, 7) is 7.25. The molecule has 146 valence electrons. The zero-order valence-corrected chi connectivity index (χ0v) is 17.6. The van der Waals surface area contributed by atoms with E-state index in [1.54, 1.807) is 0 Å². The Labute approximate surface area is 171 Å². The number of rotatable bonds is 9. The van der Waals surface area contributed by atoms with E-state index in [0.717, 1.165) is 35.9 Å². The highest BCUT2D eigenvalue weighted by molar-refractivity contribution is 7.99. The maximum Gasteiger partial charge on any atom is 0.191 e. The number of aromatic nitrogens is 3. The number of thioether (sulfide) groups is 1. The minimum Gasteiger partial charge on any atom is -0.306 e. The predicted octanol–water partition coefficient (Wildman–Crippen LogP) is 5.38. The van der Waals surface area contributed by atoms with Crippen LogP contribution in [-0.4, -0.2) is 26.3 Å². The molecule has 5 heteroatoms. The lowest BCUT2D eigenvalue weighted by Gasteiger charge is -2.09. The molecular weight excluding hydrogens is 366 g/mol. The van der Waals surface area contributed by atoms with Gasteiger partial charge in [0.25, 0.3) is 0 Å². The second-order valence-corrected chi connectivity index (χ2v) is 7.89. The zero-order valence-electron chi connectivity index (χ0n) is 16.8. The number of hydrogen-bond donors (Lipinski definition) is 0. The van der Waals surface area contributed by atoms with Gasteiger partial charge in [0.1, 0.15) is 5.82 Å². The van der Waals surface area contributed by atoms with E-state index in [1.807, 2.05) is 30.3 Å². The molecule has 0 aliphatic carbocycles. The van der Waals surface area contributed by atoms with Gasteiger partial charge in [-0.1, -0.05) is 80.2 Å². The fraction of sp³-hybridized carbons (Fsp3) is 0.348. The first-order chi connectivity index (χ1) is 13.6. The lowest BCUT2D eigenvalue weighted by atomic mass is 9.97. The first kappa shape index (κ1) is 20.3. The van der Waals surface area contributed by atoms with E-state index in [2.05, 4.69) is 59.8 Å². The van der Waals surface area contributed by atoms with Crippen molar-refractivity contribution in [1.82, 2.24) is 14.8 Å². The summed E-state index contributed by atoms with van der Waals surface area (Å²) in [7, 11) is 0. The second kappa shape index (κ2) is 9.69. The third-order valence-electron chi connectivity index (χ3n) is 5.06. The molecule has 3 aromatic rings. The standard InChI is InChI=1S/C23H27N3OS/c1-4-17(3)19-11-13-20(14-12-19)21(27)16-28-23-25-24-22(26(23)5-2)15-18-9-7-6-8-10-18/h6-14,17H,4-5,15-16H2,1-3H3. The van der Waals surface area contributed by atoms with Gasteiger partial charge in [0.15, 0.2) is 10.9 Å². The Morgan fingerprint density at radius 1 is 1.04 bits per heavy atom. The van der Waals surface area contributed by atoms with Crippen LogP contribution < -0.4 is 0 Å². The Morgan fingerprint density at radius 3 is 2.39 bits per heavy atom. The SMILES string of the molecule is CCC(C)c1ccc(C(=O)CSc2nnc(Cc3ccccc3)n2CC)cc1. The van der Waals surface area contributed by atoms with Gasteiger partial charge in [0.2, 0.25) is 0 Å². The first-order valence-electron chi connectivity index (χ1n) is 9.84. The van der Waals surface area contributed by atoms with Crippen LogP contribution in [0.3, 0.4) is 0 Å². The summed E-state index contributed by atoms with van der Waals surface area (Å²) < 4.78 is 2.09. The fourth-order valence-electron chi connectivity index (χ4n) is 3.10. The van der Waals surface area contributed by atoms with Crippen molar-refractivity contribution in [2.24, 2.45) is 0 Å². The molecule has 0 saturated carbocycles. The number of ketones is 1. The summed E-state index contributed by atoms with van der Waals surface area (Å²) in [5, 5.41) is 9.48. The molecule has 1 unspecified atom stereocenters. The van der Waals surface area contributed by atoms with E-state index in [1.165, 1.54) is 22.9 Å². The van der Waals surface area contributed by atoms with Crippen LogP contribution in [0.2, 0.25) is 0 Å². The highest BCUT2D eigenvalue weighted by Gasteiger charge is 2.14. The van der Waals surface area contributed by atoms with E-state index < -0.39 is 0 Å². The molecule has 0 amide bonds. The molecule has 0 bridgehead atoms. The van der Waals surface area contributed by atoms with Gasteiger partial charge in [-0.25, -0.2) is 0 Å². The summed E-state index contributed by atoms with van der Waals surface area (Å²) in [5.74, 6) is 1.94. The molecule has 0 fully saturated rings. The van der Waals surface area contributed by atoms with Gasteiger partial charge < -0.3 is 4.57 Å². The molecule has 1 aromatic heterocycles. The molecule has 2 aromatic carbocycles. The van der Waals surface area contributed by atoms with Crippen molar-refractivity contribution < 1.29 is 4.79 Å². The molecule has 0 saturated heterocycles. The third kappa shape index (κ3) is 4.90. The quantitative estimate of drug-likeness (QED) is 0.362. The summed E-state index contributed by atoms with van der Waals surface area (Å²) in [6.07, 6.45) is 1.84. The number of nitrogens with zero attached hydrogens (tertiary/aromatic N) is 3. The van der Waals surface area contributed by atoms with Crippen LogP contribution in [0.1, 0.15) is 60.4 Å². The Hall–Kier alpha value is -2.40. The molecule has 28 heavy (non-hydrogen) atoms. The third-order valence-corrected chi connectivity index (χ3v) is 6.03.